The Morgan fingerprint density at radius 1 is 0.750 bits per heavy atom. The van der Waals surface area contributed by atoms with E-state index < -0.39 is 0 Å². The third kappa shape index (κ3) is 2.87. The molecule has 1 heterocycles. The molecular formula is C30H40O2. The van der Waals surface area contributed by atoms with Crippen LogP contribution in [0.2, 0.25) is 0 Å². The molecule has 1 aromatic carbocycles. The highest BCUT2D eigenvalue weighted by molar-refractivity contribution is 5.47. The molecular weight excluding hydrogens is 392 g/mol. The molecule has 1 aliphatic heterocycles. The van der Waals surface area contributed by atoms with Gasteiger partial charge in [0.15, 0.2) is 0 Å². The summed E-state index contributed by atoms with van der Waals surface area (Å²) < 4.78 is 12.3. The van der Waals surface area contributed by atoms with Crippen molar-refractivity contribution in [3.05, 3.63) is 29.3 Å². The van der Waals surface area contributed by atoms with Gasteiger partial charge in [-0.3, -0.25) is 0 Å². The summed E-state index contributed by atoms with van der Waals surface area (Å²) in [6.45, 7) is 3.76. The van der Waals surface area contributed by atoms with Crippen molar-refractivity contribution in [3.8, 4) is 5.75 Å². The number of benzene rings is 1. The van der Waals surface area contributed by atoms with E-state index in [1.54, 1.807) is 11.1 Å². The lowest BCUT2D eigenvalue weighted by molar-refractivity contribution is -0.00932. The van der Waals surface area contributed by atoms with Crippen LogP contribution in [0.1, 0.15) is 95.1 Å². The van der Waals surface area contributed by atoms with Crippen LogP contribution in [0.3, 0.4) is 0 Å². The minimum atomic E-state index is -0.0443. The topological polar surface area (TPSA) is 21.8 Å². The second kappa shape index (κ2) is 6.35. The van der Waals surface area contributed by atoms with Crippen molar-refractivity contribution in [3.63, 3.8) is 0 Å². The van der Waals surface area contributed by atoms with Crippen molar-refractivity contribution >= 4 is 0 Å². The second-order valence-electron chi connectivity index (χ2n) is 14.1. The molecule has 0 N–H and O–H groups in total. The molecule has 32 heavy (non-hydrogen) atoms. The van der Waals surface area contributed by atoms with Crippen molar-refractivity contribution in [1.29, 1.82) is 0 Å². The Hall–Kier alpha value is -1.02. The average molecular weight is 433 g/mol. The van der Waals surface area contributed by atoms with E-state index in [-0.39, 0.29) is 5.60 Å². The summed E-state index contributed by atoms with van der Waals surface area (Å²) in [6, 6.07) is 7.64. The summed E-state index contributed by atoms with van der Waals surface area (Å²) in [5, 5.41) is 0. The third-order valence-corrected chi connectivity index (χ3v) is 11.4. The van der Waals surface area contributed by atoms with Crippen LogP contribution >= 0.6 is 0 Å². The quantitative estimate of drug-likeness (QED) is 0.478. The molecule has 0 aromatic heterocycles. The summed E-state index contributed by atoms with van der Waals surface area (Å²) >= 11 is 0. The summed E-state index contributed by atoms with van der Waals surface area (Å²) in [7, 11) is 0. The zero-order valence-electron chi connectivity index (χ0n) is 19.9. The summed E-state index contributed by atoms with van der Waals surface area (Å²) in [5.74, 6) is 7.15. The van der Waals surface area contributed by atoms with Gasteiger partial charge in [-0.1, -0.05) is 12.1 Å². The van der Waals surface area contributed by atoms with E-state index in [2.05, 4.69) is 25.1 Å². The highest BCUT2D eigenvalue weighted by Crippen LogP contribution is 2.64. The maximum Gasteiger partial charge on any atom is 0.123 e. The largest absolute Gasteiger partial charge is 0.490 e. The van der Waals surface area contributed by atoms with Gasteiger partial charge in [-0.15, -0.1) is 0 Å². The number of hydrogen-bond acceptors (Lipinski definition) is 2. The maximum atomic E-state index is 6.60. The smallest absolute Gasteiger partial charge is 0.123 e. The van der Waals surface area contributed by atoms with E-state index in [0.717, 1.165) is 42.1 Å². The Balaban J connectivity index is 1.21. The fourth-order valence-electron chi connectivity index (χ4n) is 10.7. The minimum Gasteiger partial charge on any atom is -0.490 e. The standard InChI is InChI=1S/C30H40O2/c1-28(18-32-28)17-31-27-3-2-25(29-11-19-4-20(12-29)6-21(5-19)13-29)10-26(27)30-14-22-7-23(15-30)9-24(8-22)16-30/h2-3,10,19-24H,4-9,11-18H2,1H3. The van der Waals surface area contributed by atoms with Crippen molar-refractivity contribution in [1.82, 2.24) is 0 Å². The molecule has 1 atom stereocenters. The maximum absolute atomic E-state index is 6.60. The van der Waals surface area contributed by atoms with Crippen molar-refractivity contribution in [2.45, 2.75) is 100 Å². The lowest BCUT2D eigenvalue weighted by Gasteiger charge is -2.58. The van der Waals surface area contributed by atoms with E-state index >= 15 is 0 Å². The van der Waals surface area contributed by atoms with Gasteiger partial charge in [-0.25, -0.2) is 0 Å². The molecule has 1 unspecified atom stereocenters. The fraction of sp³-hybridized carbons (Fsp3) is 0.800. The van der Waals surface area contributed by atoms with Gasteiger partial charge in [0.1, 0.15) is 18.0 Å². The van der Waals surface area contributed by atoms with Crippen LogP contribution in [0.5, 0.6) is 5.75 Å². The molecule has 2 nitrogen and oxygen atoms in total. The molecule has 0 spiro atoms. The van der Waals surface area contributed by atoms with Crippen LogP contribution in [0, 0.1) is 35.5 Å². The molecule has 1 aromatic rings. The van der Waals surface area contributed by atoms with E-state index in [1.165, 1.54) is 82.8 Å². The highest BCUT2D eigenvalue weighted by atomic mass is 16.6. The highest BCUT2D eigenvalue weighted by Gasteiger charge is 2.55. The van der Waals surface area contributed by atoms with Crippen LogP contribution in [0.25, 0.3) is 0 Å². The number of ether oxygens (including phenoxy) is 2. The second-order valence-corrected chi connectivity index (χ2v) is 14.1. The molecule has 2 heteroatoms. The lowest BCUT2D eigenvalue weighted by Crippen LogP contribution is -2.50. The number of epoxide rings is 1. The monoisotopic (exact) mass is 432 g/mol. The molecule has 9 fully saturated rings. The Kier molecular flexibility index (Phi) is 3.83. The Bertz CT molecular complexity index is 870. The van der Waals surface area contributed by atoms with Gasteiger partial charge in [0.25, 0.3) is 0 Å². The van der Waals surface area contributed by atoms with Crippen LogP contribution in [-0.4, -0.2) is 18.8 Å². The first kappa shape index (κ1) is 19.3. The van der Waals surface area contributed by atoms with Gasteiger partial charge in [0, 0.05) is 5.56 Å². The Morgan fingerprint density at radius 2 is 1.22 bits per heavy atom. The molecule has 172 valence electrons. The predicted molar refractivity (Wildman–Crippen MR) is 126 cm³/mol. The third-order valence-electron chi connectivity index (χ3n) is 11.4. The molecule has 8 aliphatic carbocycles. The molecule has 8 bridgehead atoms. The van der Waals surface area contributed by atoms with Crippen molar-refractivity contribution in [2.75, 3.05) is 13.2 Å². The lowest BCUT2D eigenvalue weighted by atomic mass is 9.46. The zero-order chi connectivity index (χ0) is 21.1. The zero-order valence-corrected chi connectivity index (χ0v) is 19.9. The van der Waals surface area contributed by atoms with E-state index in [0.29, 0.717) is 17.4 Å². The SMILES string of the molecule is CC1(COc2ccc(C34CC5CC(CC(C5)C3)C4)cc2C23CC4CC(CC(C4)C2)C3)CO1. The summed E-state index contributed by atoms with van der Waals surface area (Å²) in [4.78, 5) is 0. The first-order chi connectivity index (χ1) is 15.5. The van der Waals surface area contributed by atoms with Crippen LogP contribution in [0.15, 0.2) is 18.2 Å². The molecule has 9 aliphatic rings. The molecule has 0 amide bonds. The van der Waals surface area contributed by atoms with Gasteiger partial charge in [-0.2, -0.15) is 0 Å². The molecule has 0 radical (unpaired) electrons. The van der Waals surface area contributed by atoms with Gasteiger partial charge in [-0.05, 0) is 142 Å². The average Bonchev–Trinajstić information content (AvgIpc) is 3.48. The summed E-state index contributed by atoms with van der Waals surface area (Å²) in [6.07, 6.45) is 17.8. The summed E-state index contributed by atoms with van der Waals surface area (Å²) in [5.41, 5.74) is 4.15. The fourth-order valence-corrected chi connectivity index (χ4v) is 10.7. The van der Waals surface area contributed by atoms with E-state index in [4.69, 9.17) is 9.47 Å². The van der Waals surface area contributed by atoms with Gasteiger partial charge in [0.05, 0.1) is 6.61 Å². The van der Waals surface area contributed by atoms with Crippen LogP contribution < -0.4 is 4.74 Å². The molecule has 1 saturated heterocycles. The Labute approximate surface area is 193 Å². The minimum absolute atomic E-state index is 0.0443. The first-order valence-corrected chi connectivity index (χ1v) is 13.9. The van der Waals surface area contributed by atoms with Crippen molar-refractivity contribution in [2.24, 2.45) is 35.5 Å². The van der Waals surface area contributed by atoms with E-state index in [9.17, 15) is 0 Å². The van der Waals surface area contributed by atoms with Crippen LogP contribution in [0.4, 0.5) is 0 Å². The van der Waals surface area contributed by atoms with Gasteiger partial charge in [0.2, 0.25) is 0 Å². The number of hydrogen-bond donors (Lipinski definition) is 0. The molecule has 8 saturated carbocycles. The van der Waals surface area contributed by atoms with Crippen molar-refractivity contribution < 1.29 is 9.47 Å². The van der Waals surface area contributed by atoms with E-state index in [1.807, 2.05) is 0 Å². The first-order valence-electron chi connectivity index (χ1n) is 13.9. The van der Waals surface area contributed by atoms with Gasteiger partial charge < -0.3 is 9.47 Å². The molecule has 10 rings (SSSR count). The van der Waals surface area contributed by atoms with Gasteiger partial charge >= 0.3 is 0 Å². The Morgan fingerprint density at radius 3 is 1.69 bits per heavy atom. The number of rotatable bonds is 5. The van der Waals surface area contributed by atoms with Crippen LogP contribution in [-0.2, 0) is 15.6 Å². The predicted octanol–water partition coefficient (Wildman–Crippen LogP) is 6.79. The normalized spacial score (nSPS) is 51.9.